The molecule has 1 saturated heterocycles. The van der Waals surface area contributed by atoms with Gasteiger partial charge < -0.3 is 19.4 Å². The number of nitrogens with zero attached hydrogens (tertiary/aromatic N) is 1. The van der Waals surface area contributed by atoms with Gasteiger partial charge >= 0.3 is 6.09 Å². The molecule has 6 nitrogen and oxygen atoms in total. The van der Waals surface area contributed by atoms with E-state index in [1.54, 1.807) is 11.0 Å². The Bertz CT molecular complexity index is 475. The summed E-state index contributed by atoms with van der Waals surface area (Å²) < 4.78 is 10.1. The van der Waals surface area contributed by atoms with E-state index in [0.29, 0.717) is 18.8 Å². The number of carbonyl (C=O) groups excluding carboxylic acids is 2. The fourth-order valence-corrected chi connectivity index (χ4v) is 2.28. The summed E-state index contributed by atoms with van der Waals surface area (Å²) in [5.74, 6) is 0.953. The molecule has 0 saturated carbocycles. The lowest BCUT2D eigenvalue weighted by Crippen LogP contribution is -2.46. The first-order valence-corrected chi connectivity index (χ1v) is 6.86. The van der Waals surface area contributed by atoms with Gasteiger partial charge in [-0.25, -0.2) is 4.79 Å². The van der Waals surface area contributed by atoms with Gasteiger partial charge in [-0.2, -0.15) is 0 Å². The summed E-state index contributed by atoms with van der Waals surface area (Å²) in [7, 11) is 1.37. The van der Waals surface area contributed by atoms with Crippen molar-refractivity contribution in [2.24, 2.45) is 0 Å². The van der Waals surface area contributed by atoms with E-state index >= 15 is 0 Å². The lowest BCUT2D eigenvalue weighted by atomic mass is 10.1. The van der Waals surface area contributed by atoms with E-state index in [-0.39, 0.29) is 18.0 Å². The summed E-state index contributed by atoms with van der Waals surface area (Å²) in [5.41, 5.74) is 0. The van der Waals surface area contributed by atoms with Crippen molar-refractivity contribution >= 4 is 12.0 Å². The smallest absolute Gasteiger partial charge is 0.409 e. The minimum atomic E-state index is -0.312. The van der Waals surface area contributed by atoms with Crippen LogP contribution in [0.15, 0.2) is 16.5 Å². The van der Waals surface area contributed by atoms with Crippen LogP contribution in [-0.4, -0.2) is 43.1 Å². The molecule has 0 aliphatic carbocycles. The maximum atomic E-state index is 12.0. The van der Waals surface area contributed by atoms with Crippen molar-refractivity contribution in [1.29, 1.82) is 0 Å². The van der Waals surface area contributed by atoms with E-state index in [1.807, 2.05) is 13.0 Å². The van der Waals surface area contributed by atoms with Gasteiger partial charge in [-0.3, -0.25) is 4.79 Å². The third-order valence-corrected chi connectivity index (χ3v) is 3.50. The van der Waals surface area contributed by atoms with E-state index in [0.717, 1.165) is 25.0 Å². The SMILES string of the molecule is CCc1ccc(C(=O)NC2CCN(C(=O)OC)CC2)o1. The molecule has 1 fully saturated rings. The summed E-state index contributed by atoms with van der Waals surface area (Å²) in [6.07, 6.45) is 1.91. The van der Waals surface area contributed by atoms with Crippen LogP contribution in [0, 0.1) is 0 Å². The molecule has 6 heteroatoms. The second kappa shape index (κ2) is 6.45. The molecular weight excluding hydrogens is 260 g/mol. The fourth-order valence-electron chi connectivity index (χ4n) is 2.28. The number of hydrogen-bond acceptors (Lipinski definition) is 4. The third kappa shape index (κ3) is 3.31. The summed E-state index contributed by atoms with van der Waals surface area (Å²) in [4.78, 5) is 25.0. The normalized spacial score (nSPS) is 16.0. The number of aryl methyl sites for hydroxylation is 1. The first kappa shape index (κ1) is 14.4. The minimum Gasteiger partial charge on any atom is -0.456 e. The van der Waals surface area contributed by atoms with Gasteiger partial charge in [-0.15, -0.1) is 0 Å². The zero-order valence-electron chi connectivity index (χ0n) is 11.8. The molecule has 1 aromatic rings. The van der Waals surface area contributed by atoms with Crippen LogP contribution in [0.3, 0.4) is 0 Å². The summed E-state index contributed by atoms with van der Waals surface area (Å²) in [6, 6.07) is 3.57. The number of hydrogen-bond donors (Lipinski definition) is 1. The van der Waals surface area contributed by atoms with Gasteiger partial charge in [0.2, 0.25) is 0 Å². The average Bonchev–Trinajstić information content (AvgIpc) is 2.96. The molecule has 110 valence electrons. The number of piperidine rings is 1. The van der Waals surface area contributed by atoms with Crippen LogP contribution in [0.4, 0.5) is 4.79 Å². The largest absolute Gasteiger partial charge is 0.456 e. The van der Waals surface area contributed by atoms with Gasteiger partial charge in [0.25, 0.3) is 5.91 Å². The number of methoxy groups -OCH3 is 1. The molecule has 0 spiro atoms. The Morgan fingerprint density at radius 1 is 1.40 bits per heavy atom. The fraction of sp³-hybridized carbons (Fsp3) is 0.571. The molecule has 1 aromatic heterocycles. The maximum absolute atomic E-state index is 12.0. The predicted molar refractivity (Wildman–Crippen MR) is 72.6 cm³/mol. The summed E-state index contributed by atoms with van der Waals surface area (Å²) in [5, 5.41) is 2.94. The van der Waals surface area contributed by atoms with Crippen LogP contribution in [0.5, 0.6) is 0 Å². The van der Waals surface area contributed by atoms with E-state index in [9.17, 15) is 9.59 Å². The Kier molecular flexibility index (Phi) is 4.65. The van der Waals surface area contributed by atoms with Crippen LogP contribution in [-0.2, 0) is 11.2 Å². The molecular formula is C14H20N2O4. The van der Waals surface area contributed by atoms with Gasteiger partial charge in [0.05, 0.1) is 7.11 Å². The monoisotopic (exact) mass is 280 g/mol. The van der Waals surface area contributed by atoms with Crippen LogP contribution < -0.4 is 5.32 Å². The van der Waals surface area contributed by atoms with Gasteiger partial charge in [0.1, 0.15) is 5.76 Å². The molecule has 2 heterocycles. The van der Waals surface area contributed by atoms with Crippen LogP contribution in [0.25, 0.3) is 0 Å². The number of ether oxygens (including phenoxy) is 1. The molecule has 2 amide bonds. The Hall–Kier alpha value is -1.98. The van der Waals surface area contributed by atoms with E-state index in [4.69, 9.17) is 4.42 Å². The van der Waals surface area contributed by atoms with Gasteiger partial charge in [-0.05, 0) is 25.0 Å². The minimum absolute atomic E-state index is 0.0681. The molecule has 2 rings (SSSR count). The number of furan rings is 1. The van der Waals surface area contributed by atoms with Crippen molar-refractivity contribution in [3.05, 3.63) is 23.7 Å². The summed E-state index contributed by atoms with van der Waals surface area (Å²) in [6.45, 7) is 3.16. The molecule has 0 aromatic carbocycles. The molecule has 1 aliphatic heterocycles. The van der Waals surface area contributed by atoms with Gasteiger partial charge in [0.15, 0.2) is 5.76 Å². The highest BCUT2D eigenvalue weighted by Gasteiger charge is 2.25. The number of carbonyl (C=O) groups is 2. The first-order valence-electron chi connectivity index (χ1n) is 6.86. The predicted octanol–water partition coefficient (Wildman–Crippen LogP) is 1.80. The molecule has 20 heavy (non-hydrogen) atoms. The van der Waals surface area contributed by atoms with Crippen molar-refractivity contribution in [2.75, 3.05) is 20.2 Å². The van der Waals surface area contributed by atoms with Crippen molar-refractivity contribution in [1.82, 2.24) is 10.2 Å². The van der Waals surface area contributed by atoms with Crippen molar-refractivity contribution in [3.8, 4) is 0 Å². The quantitative estimate of drug-likeness (QED) is 0.916. The topological polar surface area (TPSA) is 71.8 Å². The van der Waals surface area contributed by atoms with E-state index in [1.165, 1.54) is 7.11 Å². The third-order valence-electron chi connectivity index (χ3n) is 3.50. The Morgan fingerprint density at radius 3 is 2.65 bits per heavy atom. The Balaban J connectivity index is 1.83. The molecule has 1 aliphatic rings. The average molecular weight is 280 g/mol. The number of likely N-dealkylation sites (tertiary alicyclic amines) is 1. The lowest BCUT2D eigenvalue weighted by molar-refractivity contribution is 0.0865. The first-order chi connectivity index (χ1) is 9.63. The number of amides is 2. The van der Waals surface area contributed by atoms with E-state index < -0.39 is 0 Å². The van der Waals surface area contributed by atoms with Crippen LogP contribution >= 0.6 is 0 Å². The Morgan fingerprint density at radius 2 is 2.10 bits per heavy atom. The lowest BCUT2D eigenvalue weighted by Gasteiger charge is -2.31. The highest BCUT2D eigenvalue weighted by Crippen LogP contribution is 2.13. The summed E-state index contributed by atoms with van der Waals surface area (Å²) >= 11 is 0. The van der Waals surface area contributed by atoms with Crippen molar-refractivity contribution in [2.45, 2.75) is 32.2 Å². The molecule has 0 atom stereocenters. The van der Waals surface area contributed by atoms with Crippen molar-refractivity contribution < 1.29 is 18.7 Å². The highest BCUT2D eigenvalue weighted by atomic mass is 16.5. The van der Waals surface area contributed by atoms with Gasteiger partial charge in [0, 0.05) is 25.6 Å². The molecule has 0 unspecified atom stereocenters. The standard InChI is InChI=1S/C14H20N2O4/c1-3-11-4-5-12(20-11)13(17)15-10-6-8-16(9-7-10)14(18)19-2/h4-5,10H,3,6-9H2,1-2H3,(H,15,17). The number of rotatable bonds is 3. The van der Waals surface area contributed by atoms with Crippen LogP contribution in [0.2, 0.25) is 0 Å². The zero-order chi connectivity index (χ0) is 14.5. The Labute approximate surface area is 118 Å². The second-order valence-corrected chi connectivity index (χ2v) is 4.82. The molecule has 0 bridgehead atoms. The second-order valence-electron chi connectivity index (χ2n) is 4.82. The molecule has 1 N–H and O–H groups in total. The van der Waals surface area contributed by atoms with E-state index in [2.05, 4.69) is 10.1 Å². The number of nitrogens with one attached hydrogen (secondary N) is 1. The zero-order valence-corrected chi connectivity index (χ0v) is 11.8. The van der Waals surface area contributed by atoms with Gasteiger partial charge in [-0.1, -0.05) is 6.92 Å². The van der Waals surface area contributed by atoms with Crippen LogP contribution in [0.1, 0.15) is 36.1 Å². The highest BCUT2D eigenvalue weighted by molar-refractivity contribution is 5.91. The maximum Gasteiger partial charge on any atom is 0.409 e. The molecule has 0 radical (unpaired) electrons. The van der Waals surface area contributed by atoms with Crippen molar-refractivity contribution in [3.63, 3.8) is 0 Å².